The highest BCUT2D eigenvalue weighted by molar-refractivity contribution is 7.98. The second-order valence-electron chi connectivity index (χ2n) is 7.79. The molecule has 0 bridgehead atoms. The van der Waals surface area contributed by atoms with Crippen molar-refractivity contribution >= 4 is 23.3 Å². The summed E-state index contributed by atoms with van der Waals surface area (Å²) < 4.78 is 7.13. The number of hydrogen-bond donors (Lipinski definition) is 0. The Labute approximate surface area is 184 Å². The van der Waals surface area contributed by atoms with E-state index < -0.39 is 0 Å². The number of ether oxygens (including phenoxy) is 1. The van der Waals surface area contributed by atoms with Gasteiger partial charge in [-0.05, 0) is 30.5 Å². The molecule has 0 N–H and O–H groups in total. The number of carbonyl (C=O) groups is 1. The fourth-order valence-electron chi connectivity index (χ4n) is 4.10. The number of carbonyl (C=O) groups excluding carboxylic acids is 1. The van der Waals surface area contributed by atoms with Gasteiger partial charge >= 0.3 is 0 Å². The predicted molar refractivity (Wildman–Crippen MR) is 120 cm³/mol. The number of fused-ring (bicyclic) bond motifs is 2. The van der Waals surface area contributed by atoms with Crippen molar-refractivity contribution in [2.75, 3.05) is 7.11 Å². The molecule has 4 aromatic rings. The van der Waals surface area contributed by atoms with Gasteiger partial charge in [0.1, 0.15) is 5.75 Å². The van der Waals surface area contributed by atoms with Gasteiger partial charge in [-0.2, -0.15) is 4.98 Å². The normalized spacial score (nSPS) is 15.8. The predicted octanol–water partition coefficient (Wildman–Crippen LogP) is 4.65. The van der Waals surface area contributed by atoms with E-state index in [1.54, 1.807) is 29.6 Å². The largest absolute Gasteiger partial charge is 0.496 e. The molecule has 156 valence electrons. The van der Waals surface area contributed by atoms with Gasteiger partial charge in [0.15, 0.2) is 5.78 Å². The van der Waals surface area contributed by atoms with E-state index in [0.29, 0.717) is 29.3 Å². The molecule has 0 unspecified atom stereocenters. The van der Waals surface area contributed by atoms with E-state index in [-0.39, 0.29) is 11.7 Å². The Bertz CT molecular complexity index is 1280. The number of methoxy groups -OCH3 is 1. The maximum Gasteiger partial charge on any atom is 0.253 e. The number of para-hydroxylation sites is 1. The van der Waals surface area contributed by atoms with E-state index in [0.717, 1.165) is 22.8 Å². The maximum atomic E-state index is 12.9. The lowest BCUT2D eigenvalue weighted by Crippen LogP contribution is -2.21. The molecule has 7 heteroatoms. The maximum absolute atomic E-state index is 12.9. The Hall–Kier alpha value is -3.19. The summed E-state index contributed by atoms with van der Waals surface area (Å²) in [6.45, 7) is 2.08. The first-order valence-electron chi connectivity index (χ1n) is 10.2. The Balaban J connectivity index is 1.42. The second-order valence-corrected chi connectivity index (χ2v) is 8.73. The summed E-state index contributed by atoms with van der Waals surface area (Å²) in [6.07, 6.45) is 2.89. The van der Waals surface area contributed by atoms with Gasteiger partial charge in [0.05, 0.1) is 18.4 Å². The standard InChI is InChI=1S/C24H22N4O2S/c1-15-6-5-7-16(10-15)14-31-24-26-23-25-20-11-17(18-8-3-4-9-22(18)30-2)12-21(29)19(20)13-28(23)27-24/h3-10,13,17H,11-12,14H2,1-2H3/t17-/m1/s1. The number of benzene rings is 2. The van der Waals surface area contributed by atoms with Gasteiger partial charge in [0.2, 0.25) is 5.16 Å². The molecular formula is C24H22N4O2S. The summed E-state index contributed by atoms with van der Waals surface area (Å²) in [6, 6.07) is 16.3. The van der Waals surface area contributed by atoms with E-state index in [2.05, 4.69) is 41.3 Å². The molecule has 2 heterocycles. The summed E-state index contributed by atoms with van der Waals surface area (Å²) in [7, 11) is 1.66. The zero-order valence-electron chi connectivity index (χ0n) is 17.4. The van der Waals surface area contributed by atoms with Crippen LogP contribution >= 0.6 is 11.8 Å². The van der Waals surface area contributed by atoms with Crippen LogP contribution in [0.15, 0.2) is 59.9 Å². The average Bonchev–Trinajstić information content (AvgIpc) is 3.18. The number of aryl methyl sites for hydroxylation is 1. The highest BCUT2D eigenvalue weighted by Gasteiger charge is 2.30. The molecule has 1 atom stereocenters. The third kappa shape index (κ3) is 3.93. The van der Waals surface area contributed by atoms with Crippen LogP contribution in [-0.2, 0) is 12.2 Å². The fraction of sp³-hybridized carbons (Fsp3) is 0.250. The molecule has 0 saturated heterocycles. The Morgan fingerprint density at radius 1 is 1.13 bits per heavy atom. The third-order valence-electron chi connectivity index (χ3n) is 5.59. The minimum absolute atomic E-state index is 0.0455. The van der Waals surface area contributed by atoms with Crippen molar-refractivity contribution in [3.63, 3.8) is 0 Å². The van der Waals surface area contributed by atoms with E-state index >= 15 is 0 Å². The van der Waals surface area contributed by atoms with Crippen LogP contribution in [0.4, 0.5) is 0 Å². The van der Waals surface area contributed by atoms with Crippen molar-refractivity contribution in [3.8, 4) is 5.75 Å². The molecule has 0 spiro atoms. The number of aromatic nitrogens is 4. The molecule has 0 saturated carbocycles. The minimum Gasteiger partial charge on any atom is -0.496 e. The van der Waals surface area contributed by atoms with Crippen LogP contribution in [0.2, 0.25) is 0 Å². The summed E-state index contributed by atoms with van der Waals surface area (Å²) in [4.78, 5) is 22.2. The highest BCUT2D eigenvalue weighted by atomic mass is 32.2. The van der Waals surface area contributed by atoms with Gasteiger partial charge in [-0.25, -0.2) is 9.50 Å². The number of Topliss-reactive ketones (excluding diaryl/α,β-unsaturated/α-hetero) is 1. The highest BCUT2D eigenvalue weighted by Crippen LogP contribution is 2.36. The first-order chi connectivity index (χ1) is 15.1. The molecule has 0 radical (unpaired) electrons. The zero-order valence-corrected chi connectivity index (χ0v) is 18.2. The summed E-state index contributed by atoms with van der Waals surface area (Å²) >= 11 is 1.57. The van der Waals surface area contributed by atoms with Gasteiger partial charge in [-0.1, -0.05) is 59.8 Å². The smallest absolute Gasteiger partial charge is 0.253 e. The molecule has 1 aliphatic rings. The van der Waals surface area contributed by atoms with Gasteiger partial charge in [0, 0.05) is 24.3 Å². The van der Waals surface area contributed by atoms with Crippen LogP contribution in [0, 0.1) is 6.92 Å². The van der Waals surface area contributed by atoms with Gasteiger partial charge < -0.3 is 4.74 Å². The number of ketones is 1. The van der Waals surface area contributed by atoms with Crippen LogP contribution in [0.1, 0.15) is 45.1 Å². The van der Waals surface area contributed by atoms with E-state index in [1.165, 1.54) is 11.1 Å². The molecule has 31 heavy (non-hydrogen) atoms. The molecule has 0 fully saturated rings. The van der Waals surface area contributed by atoms with Crippen molar-refractivity contribution in [2.45, 2.75) is 36.6 Å². The second kappa shape index (κ2) is 8.15. The van der Waals surface area contributed by atoms with Crippen molar-refractivity contribution < 1.29 is 9.53 Å². The zero-order chi connectivity index (χ0) is 21.4. The van der Waals surface area contributed by atoms with Crippen LogP contribution in [0.5, 0.6) is 5.75 Å². The fourth-order valence-corrected chi connectivity index (χ4v) is 4.87. The molecule has 2 aromatic carbocycles. The molecule has 1 aliphatic carbocycles. The van der Waals surface area contributed by atoms with E-state index in [1.807, 2.05) is 24.3 Å². The molecule has 0 aliphatic heterocycles. The van der Waals surface area contributed by atoms with Crippen LogP contribution in [-0.4, -0.2) is 32.5 Å². The van der Waals surface area contributed by atoms with Crippen molar-refractivity contribution in [2.24, 2.45) is 0 Å². The first-order valence-corrected chi connectivity index (χ1v) is 11.2. The van der Waals surface area contributed by atoms with Gasteiger partial charge in [0.25, 0.3) is 5.78 Å². The lowest BCUT2D eigenvalue weighted by molar-refractivity contribution is 0.0962. The molecule has 0 amide bonds. The number of thioether (sulfide) groups is 1. The van der Waals surface area contributed by atoms with Gasteiger partial charge in [-0.3, -0.25) is 4.79 Å². The summed E-state index contributed by atoms with van der Waals surface area (Å²) in [5, 5.41) is 5.19. The lowest BCUT2D eigenvalue weighted by Gasteiger charge is -2.24. The monoisotopic (exact) mass is 430 g/mol. The molecular weight excluding hydrogens is 408 g/mol. The SMILES string of the molecule is COc1ccccc1[C@H]1CC(=O)c2cn3nc(SCc4cccc(C)c4)nc3nc2C1. The van der Waals surface area contributed by atoms with E-state index in [4.69, 9.17) is 9.72 Å². The summed E-state index contributed by atoms with van der Waals surface area (Å²) in [5.74, 6) is 2.24. The van der Waals surface area contributed by atoms with Crippen molar-refractivity contribution in [1.29, 1.82) is 0 Å². The van der Waals surface area contributed by atoms with Crippen molar-refractivity contribution in [3.05, 3.63) is 82.7 Å². The van der Waals surface area contributed by atoms with Crippen LogP contribution in [0.3, 0.4) is 0 Å². The summed E-state index contributed by atoms with van der Waals surface area (Å²) in [5.41, 5.74) is 4.92. The third-order valence-corrected chi connectivity index (χ3v) is 6.50. The number of rotatable bonds is 5. The van der Waals surface area contributed by atoms with Crippen LogP contribution in [0.25, 0.3) is 5.78 Å². The Morgan fingerprint density at radius 3 is 2.84 bits per heavy atom. The Kier molecular flexibility index (Phi) is 5.19. The molecule has 2 aromatic heterocycles. The number of nitrogens with zero attached hydrogens (tertiary/aromatic N) is 4. The average molecular weight is 431 g/mol. The topological polar surface area (TPSA) is 69.4 Å². The molecule has 6 nitrogen and oxygen atoms in total. The van der Waals surface area contributed by atoms with Crippen molar-refractivity contribution in [1.82, 2.24) is 19.6 Å². The molecule has 5 rings (SSSR count). The quantitative estimate of drug-likeness (QED) is 0.430. The number of hydrogen-bond acceptors (Lipinski definition) is 6. The minimum atomic E-state index is 0.0455. The first kappa shape index (κ1) is 19.8. The Morgan fingerprint density at radius 2 is 2.00 bits per heavy atom. The lowest BCUT2D eigenvalue weighted by atomic mass is 9.82. The van der Waals surface area contributed by atoms with Gasteiger partial charge in [-0.15, -0.1) is 5.10 Å². The van der Waals surface area contributed by atoms with E-state index in [9.17, 15) is 4.79 Å². The van der Waals surface area contributed by atoms with Crippen LogP contribution < -0.4 is 4.74 Å².